The Morgan fingerprint density at radius 2 is 1.84 bits per heavy atom. The summed E-state index contributed by atoms with van der Waals surface area (Å²) in [5.41, 5.74) is 1.70. The lowest BCUT2D eigenvalue weighted by Gasteiger charge is -2.17. The average Bonchev–Trinajstić information content (AvgIpc) is 2.47. The maximum Gasteiger partial charge on any atom is 0.258 e. The average molecular weight is 252 g/mol. The van der Waals surface area contributed by atoms with Crippen molar-refractivity contribution in [1.29, 1.82) is 0 Å². The third-order valence-electron chi connectivity index (χ3n) is 2.72. The van der Waals surface area contributed by atoms with Crippen LogP contribution >= 0.6 is 0 Å². The van der Waals surface area contributed by atoms with E-state index in [1.165, 1.54) is 6.08 Å². The standard InChI is InChI=1S/C15H12N2O2/c1-17(14-8-3-2-4-9-14)15(19)12-6-5-7-13(10-12)16-11-18/h2-10H,1H3. The molecule has 2 aromatic rings. The molecule has 0 atom stereocenters. The third-order valence-corrected chi connectivity index (χ3v) is 2.72. The molecule has 0 fully saturated rings. The van der Waals surface area contributed by atoms with Gasteiger partial charge in [0.1, 0.15) is 0 Å². The Morgan fingerprint density at radius 3 is 2.53 bits per heavy atom. The molecule has 4 nitrogen and oxygen atoms in total. The van der Waals surface area contributed by atoms with E-state index in [2.05, 4.69) is 4.99 Å². The van der Waals surface area contributed by atoms with Gasteiger partial charge in [0.05, 0.1) is 5.69 Å². The van der Waals surface area contributed by atoms with Gasteiger partial charge >= 0.3 is 0 Å². The van der Waals surface area contributed by atoms with Crippen LogP contribution < -0.4 is 4.90 Å². The molecule has 0 aliphatic rings. The number of hydrogen-bond acceptors (Lipinski definition) is 3. The van der Waals surface area contributed by atoms with Crippen molar-refractivity contribution in [2.75, 3.05) is 11.9 Å². The van der Waals surface area contributed by atoms with E-state index in [9.17, 15) is 9.59 Å². The van der Waals surface area contributed by atoms with Crippen LogP contribution in [0, 0.1) is 0 Å². The van der Waals surface area contributed by atoms with Gasteiger partial charge in [0.25, 0.3) is 5.91 Å². The number of aliphatic imine (C=N–C) groups is 1. The highest BCUT2D eigenvalue weighted by molar-refractivity contribution is 6.06. The van der Waals surface area contributed by atoms with Gasteiger partial charge in [-0.15, -0.1) is 0 Å². The second-order valence-corrected chi connectivity index (χ2v) is 3.95. The molecular weight excluding hydrogens is 240 g/mol. The van der Waals surface area contributed by atoms with Crippen LogP contribution in [-0.2, 0) is 4.79 Å². The van der Waals surface area contributed by atoms with Crippen molar-refractivity contribution >= 4 is 23.4 Å². The van der Waals surface area contributed by atoms with E-state index in [0.717, 1.165) is 5.69 Å². The van der Waals surface area contributed by atoms with E-state index in [4.69, 9.17) is 0 Å². The Morgan fingerprint density at radius 1 is 1.11 bits per heavy atom. The Labute approximate surface area is 111 Å². The number of rotatable bonds is 3. The number of anilines is 1. The molecule has 2 rings (SSSR count). The Hall–Kier alpha value is -2.71. The molecule has 0 heterocycles. The highest BCUT2D eigenvalue weighted by atomic mass is 16.2. The number of para-hydroxylation sites is 1. The zero-order chi connectivity index (χ0) is 13.7. The maximum atomic E-state index is 12.3. The van der Waals surface area contributed by atoms with Gasteiger partial charge in [-0.3, -0.25) is 4.79 Å². The topological polar surface area (TPSA) is 49.7 Å². The Kier molecular flexibility index (Phi) is 3.86. The van der Waals surface area contributed by atoms with Gasteiger partial charge in [-0.1, -0.05) is 24.3 Å². The summed E-state index contributed by atoms with van der Waals surface area (Å²) in [6, 6.07) is 15.9. The van der Waals surface area contributed by atoms with Gasteiger partial charge in [0.15, 0.2) is 0 Å². The van der Waals surface area contributed by atoms with Crippen LogP contribution in [0.2, 0.25) is 0 Å². The molecule has 19 heavy (non-hydrogen) atoms. The van der Waals surface area contributed by atoms with E-state index in [1.54, 1.807) is 36.2 Å². The lowest BCUT2D eigenvalue weighted by atomic mass is 10.1. The number of nitrogens with zero attached hydrogens (tertiary/aromatic N) is 2. The smallest absolute Gasteiger partial charge is 0.258 e. The summed E-state index contributed by atoms with van der Waals surface area (Å²) in [6.07, 6.45) is 1.46. The minimum absolute atomic E-state index is 0.158. The molecule has 0 radical (unpaired) electrons. The quantitative estimate of drug-likeness (QED) is 0.623. The number of hydrogen-bond donors (Lipinski definition) is 0. The maximum absolute atomic E-state index is 12.3. The minimum Gasteiger partial charge on any atom is -0.311 e. The summed E-state index contributed by atoms with van der Waals surface area (Å²) >= 11 is 0. The fraction of sp³-hybridized carbons (Fsp3) is 0.0667. The SMILES string of the molecule is CN(C(=O)c1cccc(N=C=O)c1)c1ccccc1. The summed E-state index contributed by atoms with van der Waals surface area (Å²) in [6.45, 7) is 0. The molecule has 0 aromatic heterocycles. The summed E-state index contributed by atoms with van der Waals surface area (Å²) in [4.78, 5) is 27.6. The van der Waals surface area contributed by atoms with E-state index in [1.807, 2.05) is 30.3 Å². The second-order valence-electron chi connectivity index (χ2n) is 3.95. The fourth-order valence-corrected chi connectivity index (χ4v) is 1.72. The van der Waals surface area contributed by atoms with E-state index in [0.29, 0.717) is 11.3 Å². The summed E-state index contributed by atoms with van der Waals surface area (Å²) in [5.74, 6) is -0.158. The molecule has 0 N–H and O–H groups in total. The highest BCUT2D eigenvalue weighted by Gasteiger charge is 2.13. The first kappa shape index (κ1) is 12.7. The molecule has 0 saturated carbocycles. The second kappa shape index (κ2) is 5.76. The normalized spacial score (nSPS) is 9.53. The predicted octanol–water partition coefficient (Wildman–Crippen LogP) is 2.93. The van der Waals surface area contributed by atoms with Crippen LogP contribution in [0.15, 0.2) is 59.6 Å². The van der Waals surface area contributed by atoms with Crippen molar-refractivity contribution in [2.45, 2.75) is 0 Å². The van der Waals surface area contributed by atoms with Gasteiger partial charge in [0, 0.05) is 18.3 Å². The van der Waals surface area contributed by atoms with Crippen LogP contribution in [0.1, 0.15) is 10.4 Å². The molecule has 0 aliphatic carbocycles. The first-order chi connectivity index (χ1) is 9.22. The molecule has 0 unspecified atom stereocenters. The highest BCUT2D eigenvalue weighted by Crippen LogP contribution is 2.18. The first-order valence-electron chi connectivity index (χ1n) is 5.73. The monoisotopic (exact) mass is 252 g/mol. The number of amides is 1. The van der Waals surface area contributed by atoms with Gasteiger partial charge in [-0.2, -0.15) is 4.99 Å². The summed E-state index contributed by atoms with van der Waals surface area (Å²) in [5, 5.41) is 0. The number of carbonyl (C=O) groups excluding carboxylic acids is 2. The third kappa shape index (κ3) is 2.94. The number of carbonyl (C=O) groups is 1. The van der Waals surface area contributed by atoms with E-state index < -0.39 is 0 Å². The van der Waals surface area contributed by atoms with Crippen LogP contribution in [0.25, 0.3) is 0 Å². The molecule has 94 valence electrons. The van der Waals surface area contributed by atoms with E-state index in [-0.39, 0.29) is 5.91 Å². The van der Waals surface area contributed by atoms with Crippen LogP contribution in [0.5, 0.6) is 0 Å². The van der Waals surface area contributed by atoms with Crippen molar-refractivity contribution in [3.63, 3.8) is 0 Å². The lowest BCUT2D eigenvalue weighted by molar-refractivity contribution is 0.0993. The zero-order valence-corrected chi connectivity index (χ0v) is 10.4. The molecule has 0 saturated heterocycles. The van der Waals surface area contributed by atoms with Crippen molar-refractivity contribution in [1.82, 2.24) is 0 Å². The van der Waals surface area contributed by atoms with Crippen LogP contribution in [0.4, 0.5) is 11.4 Å². The van der Waals surface area contributed by atoms with Gasteiger partial charge in [-0.05, 0) is 30.3 Å². The van der Waals surface area contributed by atoms with Crippen molar-refractivity contribution in [3.8, 4) is 0 Å². The molecule has 0 spiro atoms. The van der Waals surface area contributed by atoms with Crippen molar-refractivity contribution < 1.29 is 9.59 Å². The minimum atomic E-state index is -0.158. The Bertz CT molecular complexity index is 632. The van der Waals surface area contributed by atoms with Crippen molar-refractivity contribution in [3.05, 3.63) is 60.2 Å². The van der Waals surface area contributed by atoms with Crippen molar-refractivity contribution in [2.24, 2.45) is 4.99 Å². The molecular formula is C15H12N2O2. The van der Waals surface area contributed by atoms with Crippen LogP contribution in [-0.4, -0.2) is 19.0 Å². The fourth-order valence-electron chi connectivity index (χ4n) is 1.72. The zero-order valence-electron chi connectivity index (χ0n) is 10.4. The largest absolute Gasteiger partial charge is 0.311 e. The Balaban J connectivity index is 2.29. The van der Waals surface area contributed by atoms with E-state index >= 15 is 0 Å². The molecule has 0 aliphatic heterocycles. The lowest BCUT2D eigenvalue weighted by Crippen LogP contribution is -2.25. The first-order valence-corrected chi connectivity index (χ1v) is 5.73. The predicted molar refractivity (Wildman–Crippen MR) is 73.4 cm³/mol. The number of benzene rings is 2. The molecule has 0 bridgehead atoms. The molecule has 4 heteroatoms. The molecule has 1 amide bonds. The summed E-state index contributed by atoms with van der Waals surface area (Å²) in [7, 11) is 1.70. The van der Waals surface area contributed by atoms with Crippen LogP contribution in [0.3, 0.4) is 0 Å². The van der Waals surface area contributed by atoms with Gasteiger partial charge < -0.3 is 4.90 Å². The van der Waals surface area contributed by atoms with Gasteiger partial charge in [0.2, 0.25) is 6.08 Å². The summed E-state index contributed by atoms with van der Waals surface area (Å²) < 4.78 is 0. The van der Waals surface area contributed by atoms with Gasteiger partial charge in [-0.25, -0.2) is 4.79 Å². The number of isocyanates is 1. The molecule has 2 aromatic carbocycles.